The molecule has 0 fully saturated rings. The molecule has 0 radical (unpaired) electrons. The number of carbonyl (C=O) groups excluding carboxylic acids is 1. The van der Waals surface area contributed by atoms with E-state index in [0.717, 1.165) is 10.9 Å². The number of ether oxygens (including phenoxy) is 1. The third-order valence-corrected chi connectivity index (χ3v) is 4.10. The van der Waals surface area contributed by atoms with Crippen molar-refractivity contribution in [1.82, 2.24) is 5.32 Å². The number of fused-ring (bicyclic) bond motifs is 1. The molecule has 1 amide bonds. The Bertz CT molecular complexity index is 658. The Balaban J connectivity index is 2.03. The lowest BCUT2D eigenvalue weighted by Gasteiger charge is -2.27. The minimum Gasteiger partial charge on any atom is -0.497 e. The Labute approximate surface area is 130 Å². The third-order valence-electron chi connectivity index (χ3n) is 4.10. The average molecular weight is 305 g/mol. The maximum Gasteiger partial charge on any atom is 0.224 e. The zero-order valence-corrected chi connectivity index (χ0v) is 13.5. The predicted octanol–water partition coefficient (Wildman–Crippen LogP) is 2.51. The van der Waals surface area contributed by atoms with Crippen LogP contribution in [0.25, 0.3) is 11.0 Å². The quantitative estimate of drug-likeness (QED) is 0.860. The van der Waals surface area contributed by atoms with Gasteiger partial charge in [-0.15, -0.1) is 0 Å². The van der Waals surface area contributed by atoms with E-state index in [1.54, 1.807) is 26.4 Å². The highest BCUT2D eigenvalue weighted by Gasteiger charge is 2.25. The standard InChI is InChI=1S/C17H23NO4/c1-11(2)17(3,20)10-18-16(19)7-12-9-22-15-8-13(21-4)5-6-14(12)15/h5-6,8-9,11,20H,7,10H2,1-4H3,(H,18,19). The summed E-state index contributed by atoms with van der Waals surface area (Å²) in [6.07, 6.45) is 1.80. The van der Waals surface area contributed by atoms with Gasteiger partial charge in [0.05, 0.1) is 25.4 Å². The summed E-state index contributed by atoms with van der Waals surface area (Å²) in [6.45, 7) is 5.79. The number of hydrogen-bond donors (Lipinski definition) is 2. The molecule has 120 valence electrons. The van der Waals surface area contributed by atoms with E-state index in [-0.39, 0.29) is 24.8 Å². The van der Waals surface area contributed by atoms with Crippen molar-refractivity contribution in [3.63, 3.8) is 0 Å². The van der Waals surface area contributed by atoms with Gasteiger partial charge in [-0.25, -0.2) is 0 Å². The molecule has 5 nitrogen and oxygen atoms in total. The Kier molecular flexibility index (Phi) is 4.76. The van der Waals surface area contributed by atoms with Crippen LogP contribution in [0.5, 0.6) is 5.75 Å². The molecule has 0 spiro atoms. The number of furan rings is 1. The van der Waals surface area contributed by atoms with Crippen LogP contribution in [0.3, 0.4) is 0 Å². The summed E-state index contributed by atoms with van der Waals surface area (Å²) in [5.74, 6) is 0.639. The van der Waals surface area contributed by atoms with Gasteiger partial charge >= 0.3 is 0 Å². The molecule has 1 atom stereocenters. The summed E-state index contributed by atoms with van der Waals surface area (Å²) < 4.78 is 10.6. The van der Waals surface area contributed by atoms with Crippen molar-refractivity contribution in [1.29, 1.82) is 0 Å². The lowest BCUT2D eigenvalue weighted by Crippen LogP contribution is -2.44. The SMILES string of the molecule is COc1ccc2c(CC(=O)NCC(C)(O)C(C)C)coc2c1. The van der Waals surface area contributed by atoms with Crippen molar-refractivity contribution in [3.05, 3.63) is 30.0 Å². The Morgan fingerprint density at radius 2 is 2.18 bits per heavy atom. The fraction of sp³-hybridized carbons (Fsp3) is 0.471. The van der Waals surface area contributed by atoms with Gasteiger partial charge in [0.15, 0.2) is 0 Å². The van der Waals surface area contributed by atoms with Gasteiger partial charge < -0.3 is 19.6 Å². The lowest BCUT2D eigenvalue weighted by molar-refractivity contribution is -0.122. The van der Waals surface area contributed by atoms with Crippen LogP contribution >= 0.6 is 0 Å². The molecule has 0 saturated carbocycles. The van der Waals surface area contributed by atoms with E-state index >= 15 is 0 Å². The zero-order valence-electron chi connectivity index (χ0n) is 13.5. The Hall–Kier alpha value is -2.01. The number of aliphatic hydroxyl groups is 1. The van der Waals surface area contributed by atoms with Crippen molar-refractivity contribution >= 4 is 16.9 Å². The van der Waals surface area contributed by atoms with Crippen molar-refractivity contribution in [2.75, 3.05) is 13.7 Å². The largest absolute Gasteiger partial charge is 0.497 e. The summed E-state index contributed by atoms with van der Waals surface area (Å²) in [7, 11) is 1.60. The van der Waals surface area contributed by atoms with Crippen LogP contribution in [0, 0.1) is 5.92 Å². The summed E-state index contributed by atoms with van der Waals surface area (Å²) in [5.41, 5.74) is 0.595. The first-order valence-electron chi connectivity index (χ1n) is 7.36. The zero-order chi connectivity index (χ0) is 16.3. The molecule has 0 aliphatic heterocycles. The lowest BCUT2D eigenvalue weighted by atomic mass is 9.92. The number of amides is 1. The second kappa shape index (κ2) is 6.40. The fourth-order valence-corrected chi connectivity index (χ4v) is 2.04. The van der Waals surface area contributed by atoms with Crippen molar-refractivity contribution < 1.29 is 19.1 Å². The van der Waals surface area contributed by atoms with E-state index in [1.165, 1.54) is 0 Å². The van der Waals surface area contributed by atoms with Crippen LogP contribution in [0.4, 0.5) is 0 Å². The van der Waals surface area contributed by atoms with Gasteiger partial charge in [-0.05, 0) is 25.0 Å². The Morgan fingerprint density at radius 1 is 1.45 bits per heavy atom. The topological polar surface area (TPSA) is 71.7 Å². The molecule has 5 heteroatoms. The second-order valence-corrected chi connectivity index (χ2v) is 6.09. The number of carbonyl (C=O) groups is 1. The Morgan fingerprint density at radius 3 is 2.82 bits per heavy atom. The van der Waals surface area contributed by atoms with Crippen LogP contribution < -0.4 is 10.1 Å². The highest BCUT2D eigenvalue weighted by molar-refractivity contribution is 5.88. The molecule has 0 saturated heterocycles. The second-order valence-electron chi connectivity index (χ2n) is 6.09. The molecule has 1 unspecified atom stereocenters. The molecule has 22 heavy (non-hydrogen) atoms. The van der Waals surface area contributed by atoms with E-state index < -0.39 is 5.60 Å². The van der Waals surface area contributed by atoms with E-state index in [4.69, 9.17) is 9.15 Å². The molecular weight excluding hydrogens is 282 g/mol. The van der Waals surface area contributed by atoms with E-state index in [1.807, 2.05) is 26.0 Å². The highest BCUT2D eigenvalue weighted by Crippen LogP contribution is 2.25. The van der Waals surface area contributed by atoms with E-state index in [0.29, 0.717) is 11.3 Å². The van der Waals surface area contributed by atoms with Gasteiger partial charge in [0.1, 0.15) is 11.3 Å². The van der Waals surface area contributed by atoms with Gasteiger partial charge in [-0.2, -0.15) is 0 Å². The van der Waals surface area contributed by atoms with Crippen LogP contribution in [0.1, 0.15) is 26.3 Å². The number of nitrogens with one attached hydrogen (secondary N) is 1. The minimum absolute atomic E-state index is 0.0648. The molecular formula is C17H23NO4. The van der Waals surface area contributed by atoms with Crippen molar-refractivity contribution in [2.45, 2.75) is 32.8 Å². The molecule has 2 N–H and O–H groups in total. The monoisotopic (exact) mass is 305 g/mol. The van der Waals surface area contributed by atoms with Crippen molar-refractivity contribution in [2.24, 2.45) is 5.92 Å². The smallest absolute Gasteiger partial charge is 0.224 e. The minimum atomic E-state index is -0.915. The van der Waals surface area contributed by atoms with Crippen LogP contribution in [0.2, 0.25) is 0 Å². The first-order valence-corrected chi connectivity index (χ1v) is 7.36. The fourth-order valence-electron chi connectivity index (χ4n) is 2.04. The van der Waals surface area contributed by atoms with Crippen LogP contribution in [-0.2, 0) is 11.2 Å². The molecule has 1 aromatic heterocycles. The van der Waals surface area contributed by atoms with Gasteiger partial charge in [0, 0.05) is 23.6 Å². The van der Waals surface area contributed by atoms with Gasteiger partial charge in [-0.3, -0.25) is 4.79 Å². The average Bonchev–Trinajstić information content (AvgIpc) is 2.87. The third kappa shape index (κ3) is 3.60. The first-order chi connectivity index (χ1) is 10.3. The predicted molar refractivity (Wildman–Crippen MR) is 84.9 cm³/mol. The van der Waals surface area contributed by atoms with E-state index in [2.05, 4.69) is 5.32 Å². The summed E-state index contributed by atoms with van der Waals surface area (Å²) in [4.78, 5) is 12.1. The van der Waals surface area contributed by atoms with Gasteiger partial charge in [0.25, 0.3) is 0 Å². The summed E-state index contributed by atoms with van der Waals surface area (Å²) >= 11 is 0. The van der Waals surface area contributed by atoms with Crippen molar-refractivity contribution in [3.8, 4) is 5.75 Å². The number of rotatable bonds is 6. The maximum atomic E-state index is 12.1. The van der Waals surface area contributed by atoms with Crippen LogP contribution in [0.15, 0.2) is 28.9 Å². The van der Waals surface area contributed by atoms with Gasteiger partial charge in [-0.1, -0.05) is 13.8 Å². The number of hydrogen-bond acceptors (Lipinski definition) is 4. The molecule has 0 aliphatic carbocycles. The molecule has 0 bridgehead atoms. The summed E-state index contributed by atoms with van der Waals surface area (Å²) in [5, 5.41) is 13.8. The molecule has 1 heterocycles. The normalized spacial score (nSPS) is 14.1. The number of benzene rings is 1. The maximum absolute atomic E-state index is 12.1. The van der Waals surface area contributed by atoms with Crippen LogP contribution in [-0.4, -0.2) is 30.3 Å². The summed E-state index contributed by atoms with van der Waals surface area (Å²) in [6, 6.07) is 5.51. The highest BCUT2D eigenvalue weighted by atomic mass is 16.5. The molecule has 0 aliphatic rings. The van der Waals surface area contributed by atoms with Gasteiger partial charge in [0.2, 0.25) is 5.91 Å². The first kappa shape index (κ1) is 16.4. The van der Waals surface area contributed by atoms with E-state index in [9.17, 15) is 9.90 Å². The number of methoxy groups -OCH3 is 1. The molecule has 1 aromatic carbocycles. The molecule has 2 aromatic rings. The molecule has 2 rings (SSSR count).